The number of Topliss-reactive ketones (excluding diaryl/α,β-unsaturated/α-hetero) is 1. The van der Waals surface area contributed by atoms with Crippen LogP contribution in [0.5, 0.6) is 0 Å². The maximum Gasteiger partial charge on any atom is 0.145 e. The molecular weight excluding hydrogens is 258 g/mol. The Hall–Kier alpha value is -1.18. The lowest BCUT2D eigenvalue weighted by atomic mass is 9.75. The van der Waals surface area contributed by atoms with E-state index in [9.17, 15) is 4.79 Å². The zero-order valence-corrected chi connectivity index (χ0v) is 13.2. The molecule has 0 radical (unpaired) electrons. The Morgan fingerprint density at radius 3 is 2.81 bits per heavy atom. The van der Waals surface area contributed by atoms with Gasteiger partial charge < -0.3 is 0 Å². The summed E-state index contributed by atoms with van der Waals surface area (Å²) in [7, 11) is 0. The fourth-order valence-corrected chi connectivity index (χ4v) is 4.20. The van der Waals surface area contributed by atoms with Crippen LogP contribution in [-0.4, -0.2) is 10.8 Å². The normalized spacial score (nSPS) is 28.3. The van der Waals surface area contributed by atoms with Gasteiger partial charge in [0.25, 0.3) is 0 Å². The summed E-state index contributed by atoms with van der Waals surface area (Å²) in [6, 6.07) is 4.13. The number of fused-ring (bicyclic) bond motifs is 1. The van der Waals surface area contributed by atoms with Crippen molar-refractivity contribution in [3.05, 3.63) is 29.6 Å². The van der Waals surface area contributed by atoms with E-state index < -0.39 is 0 Å². The predicted molar refractivity (Wildman–Crippen MR) is 85.3 cm³/mol. The van der Waals surface area contributed by atoms with Crippen molar-refractivity contribution in [1.29, 1.82) is 0 Å². The summed E-state index contributed by atoms with van der Waals surface area (Å²) < 4.78 is 0. The molecule has 0 aliphatic heterocycles. The van der Waals surface area contributed by atoms with Crippen LogP contribution in [0.1, 0.15) is 75.5 Å². The summed E-state index contributed by atoms with van der Waals surface area (Å²) in [6.07, 6.45) is 12.6. The maximum absolute atomic E-state index is 12.8. The monoisotopic (exact) mass is 285 g/mol. The summed E-state index contributed by atoms with van der Waals surface area (Å²) in [4.78, 5) is 17.3. The van der Waals surface area contributed by atoms with Gasteiger partial charge in [-0.2, -0.15) is 0 Å². The largest absolute Gasteiger partial charge is 0.299 e. The predicted octanol–water partition coefficient (Wildman–Crippen LogP) is 4.68. The van der Waals surface area contributed by atoms with Crippen LogP contribution in [0.4, 0.5) is 0 Å². The van der Waals surface area contributed by atoms with Gasteiger partial charge >= 0.3 is 0 Å². The van der Waals surface area contributed by atoms with Crippen molar-refractivity contribution in [3.63, 3.8) is 0 Å². The summed E-state index contributed by atoms with van der Waals surface area (Å²) in [5.41, 5.74) is 2.38. The number of hydrogen-bond donors (Lipinski definition) is 0. The fourth-order valence-electron chi connectivity index (χ4n) is 4.20. The van der Waals surface area contributed by atoms with E-state index in [4.69, 9.17) is 0 Å². The van der Waals surface area contributed by atoms with Gasteiger partial charge in [-0.1, -0.05) is 32.3 Å². The van der Waals surface area contributed by atoms with Crippen molar-refractivity contribution in [2.45, 2.75) is 70.6 Å². The molecule has 1 unspecified atom stereocenters. The molecule has 1 fully saturated rings. The van der Waals surface area contributed by atoms with E-state index in [-0.39, 0.29) is 5.92 Å². The van der Waals surface area contributed by atoms with E-state index in [0.29, 0.717) is 11.7 Å². The molecule has 0 N–H and O–H groups in total. The third-order valence-corrected chi connectivity index (χ3v) is 5.52. The summed E-state index contributed by atoms with van der Waals surface area (Å²) in [5, 5.41) is 0. The molecule has 1 atom stereocenters. The standard InChI is InChI=1S/C19H27NO/c1-2-3-5-14-7-9-16(10-8-14)19(21)17-12-11-15-6-4-13-20-18(15)17/h4,6,13-14,16-17H,2-3,5,7-12H2,1H3. The molecule has 1 saturated carbocycles. The van der Waals surface area contributed by atoms with Gasteiger partial charge in [-0.25, -0.2) is 0 Å². The van der Waals surface area contributed by atoms with Gasteiger partial charge in [-0.05, 0) is 56.1 Å². The molecule has 1 aromatic heterocycles. The molecule has 0 saturated heterocycles. The number of aromatic nitrogens is 1. The number of carbonyl (C=O) groups is 1. The first-order chi connectivity index (χ1) is 10.3. The highest BCUT2D eigenvalue weighted by Crippen LogP contribution is 2.39. The van der Waals surface area contributed by atoms with Crippen LogP contribution in [0.25, 0.3) is 0 Å². The molecule has 2 aliphatic rings. The van der Waals surface area contributed by atoms with E-state index in [1.54, 1.807) is 0 Å². The highest BCUT2D eigenvalue weighted by Gasteiger charge is 2.35. The van der Waals surface area contributed by atoms with Crippen molar-refractivity contribution in [2.24, 2.45) is 11.8 Å². The first-order valence-corrected chi connectivity index (χ1v) is 8.77. The Bertz CT molecular complexity index is 488. The van der Waals surface area contributed by atoms with Gasteiger partial charge in [0.1, 0.15) is 5.78 Å². The summed E-state index contributed by atoms with van der Waals surface area (Å²) in [5.74, 6) is 1.77. The molecule has 2 nitrogen and oxygen atoms in total. The molecule has 0 spiro atoms. The third-order valence-electron chi connectivity index (χ3n) is 5.52. The Morgan fingerprint density at radius 2 is 2.05 bits per heavy atom. The van der Waals surface area contributed by atoms with Crippen molar-refractivity contribution in [1.82, 2.24) is 4.98 Å². The number of unbranched alkanes of at least 4 members (excludes halogenated alkanes) is 1. The maximum atomic E-state index is 12.8. The van der Waals surface area contributed by atoms with Crippen LogP contribution < -0.4 is 0 Å². The van der Waals surface area contributed by atoms with Crippen molar-refractivity contribution >= 4 is 5.78 Å². The van der Waals surface area contributed by atoms with E-state index in [1.807, 2.05) is 12.3 Å². The van der Waals surface area contributed by atoms with Crippen LogP contribution >= 0.6 is 0 Å². The Balaban J connectivity index is 1.58. The lowest BCUT2D eigenvalue weighted by molar-refractivity contribution is -0.125. The fraction of sp³-hybridized carbons (Fsp3) is 0.684. The van der Waals surface area contributed by atoms with Gasteiger partial charge in [0, 0.05) is 12.1 Å². The summed E-state index contributed by atoms with van der Waals surface area (Å²) >= 11 is 0. The molecule has 3 rings (SSSR count). The number of rotatable bonds is 5. The average Bonchev–Trinajstić information content (AvgIpc) is 2.97. The highest BCUT2D eigenvalue weighted by atomic mass is 16.1. The lowest BCUT2D eigenvalue weighted by Gasteiger charge is -2.29. The molecule has 0 amide bonds. The van der Waals surface area contributed by atoms with Crippen LogP contribution in [0, 0.1) is 11.8 Å². The Morgan fingerprint density at radius 1 is 1.24 bits per heavy atom. The second-order valence-corrected chi connectivity index (χ2v) is 6.90. The molecule has 0 aromatic carbocycles. The van der Waals surface area contributed by atoms with E-state index in [1.165, 1.54) is 37.7 Å². The number of aryl methyl sites for hydroxylation is 1. The summed E-state index contributed by atoms with van der Waals surface area (Å²) in [6.45, 7) is 2.26. The Labute approximate surface area is 128 Å². The molecule has 21 heavy (non-hydrogen) atoms. The topological polar surface area (TPSA) is 30.0 Å². The van der Waals surface area contributed by atoms with Gasteiger partial charge in [0.15, 0.2) is 0 Å². The van der Waals surface area contributed by atoms with Crippen LogP contribution in [0.2, 0.25) is 0 Å². The smallest absolute Gasteiger partial charge is 0.145 e. The molecule has 0 bridgehead atoms. The first-order valence-electron chi connectivity index (χ1n) is 8.77. The van der Waals surface area contributed by atoms with Gasteiger partial charge in [-0.15, -0.1) is 0 Å². The third kappa shape index (κ3) is 3.20. The van der Waals surface area contributed by atoms with Crippen molar-refractivity contribution in [2.75, 3.05) is 0 Å². The zero-order valence-electron chi connectivity index (χ0n) is 13.2. The Kier molecular flexibility index (Phi) is 4.72. The SMILES string of the molecule is CCCCC1CCC(C(=O)C2CCc3cccnc32)CC1. The molecule has 114 valence electrons. The van der Waals surface area contributed by atoms with E-state index in [0.717, 1.165) is 37.3 Å². The van der Waals surface area contributed by atoms with Gasteiger partial charge in [-0.3, -0.25) is 9.78 Å². The molecule has 2 aliphatic carbocycles. The minimum Gasteiger partial charge on any atom is -0.299 e. The number of ketones is 1. The van der Waals surface area contributed by atoms with Gasteiger partial charge in [0.05, 0.1) is 11.6 Å². The molecule has 2 heteroatoms. The lowest BCUT2D eigenvalue weighted by Crippen LogP contribution is -2.26. The number of hydrogen-bond acceptors (Lipinski definition) is 2. The minimum absolute atomic E-state index is 0.0957. The van der Waals surface area contributed by atoms with Crippen molar-refractivity contribution in [3.8, 4) is 0 Å². The molecule has 1 heterocycles. The van der Waals surface area contributed by atoms with Gasteiger partial charge in [0.2, 0.25) is 0 Å². The second kappa shape index (κ2) is 6.72. The average molecular weight is 285 g/mol. The number of carbonyl (C=O) groups excluding carboxylic acids is 1. The zero-order chi connectivity index (χ0) is 14.7. The quantitative estimate of drug-likeness (QED) is 0.786. The first kappa shape index (κ1) is 14.7. The second-order valence-electron chi connectivity index (χ2n) is 6.90. The molecular formula is C19H27NO. The van der Waals surface area contributed by atoms with E-state index in [2.05, 4.69) is 18.0 Å². The van der Waals surface area contributed by atoms with Crippen LogP contribution in [-0.2, 0) is 11.2 Å². The minimum atomic E-state index is 0.0957. The molecule has 1 aromatic rings. The van der Waals surface area contributed by atoms with Crippen LogP contribution in [0.15, 0.2) is 18.3 Å². The number of pyridine rings is 1. The van der Waals surface area contributed by atoms with E-state index >= 15 is 0 Å². The van der Waals surface area contributed by atoms with Crippen LogP contribution in [0.3, 0.4) is 0 Å². The highest BCUT2D eigenvalue weighted by molar-refractivity contribution is 5.88. The van der Waals surface area contributed by atoms with Crippen molar-refractivity contribution < 1.29 is 4.79 Å². The number of nitrogens with zero attached hydrogens (tertiary/aromatic N) is 1.